The summed E-state index contributed by atoms with van der Waals surface area (Å²) in [6.07, 6.45) is 10.3. The van der Waals surface area contributed by atoms with E-state index < -0.39 is 0 Å². The molecule has 5 rings (SSSR count). The smallest absolute Gasteiger partial charge is 0.255 e. The molecule has 1 amide bonds. The van der Waals surface area contributed by atoms with E-state index in [0.29, 0.717) is 18.7 Å². The molecule has 1 atom stereocenters. The van der Waals surface area contributed by atoms with Crippen LogP contribution < -0.4 is 0 Å². The first-order chi connectivity index (χ1) is 15.1. The van der Waals surface area contributed by atoms with Gasteiger partial charge in [0.15, 0.2) is 0 Å². The number of aromatic nitrogens is 2. The molecule has 0 spiro atoms. The molecular formula is C26H24ClN3O. The number of nitrogens with zero attached hydrogens (tertiary/aromatic N) is 3. The first-order valence-electron chi connectivity index (χ1n) is 10.7. The van der Waals surface area contributed by atoms with Crippen molar-refractivity contribution < 1.29 is 4.79 Å². The molecular weight excluding hydrogens is 406 g/mol. The van der Waals surface area contributed by atoms with Crippen LogP contribution in [0.2, 0.25) is 5.02 Å². The molecule has 0 N–H and O–H groups in total. The van der Waals surface area contributed by atoms with Gasteiger partial charge >= 0.3 is 0 Å². The van der Waals surface area contributed by atoms with Crippen LogP contribution in [0.15, 0.2) is 66.6 Å². The minimum absolute atomic E-state index is 0.0399. The molecule has 3 aromatic rings. The van der Waals surface area contributed by atoms with Gasteiger partial charge < -0.3 is 4.90 Å². The number of aryl methyl sites for hydroxylation is 3. The van der Waals surface area contributed by atoms with Crippen LogP contribution in [0.5, 0.6) is 0 Å². The number of pyridine rings is 2. The van der Waals surface area contributed by atoms with Gasteiger partial charge in [0.25, 0.3) is 5.91 Å². The quantitative estimate of drug-likeness (QED) is 0.530. The third-order valence-corrected chi connectivity index (χ3v) is 6.54. The Morgan fingerprint density at radius 1 is 1.10 bits per heavy atom. The molecule has 2 aromatic heterocycles. The zero-order valence-corrected chi connectivity index (χ0v) is 18.3. The first-order valence-corrected chi connectivity index (χ1v) is 11.1. The number of hydrogen-bond acceptors (Lipinski definition) is 3. The lowest BCUT2D eigenvalue weighted by Gasteiger charge is -2.31. The number of fused-ring (bicyclic) bond motifs is 2. The van der Waals surface area contributed by atoms with Gasteiger partial charge in [0, 0.05) is 42.6 Å². The summed E-state index contributed by atoms with van der Waals surface area (Å²) >= 11 is 6.32. The van der Waals surface area contributed by atoms with Crippen LogP contribution in [0, 0.1) is 6.92 Å². The highest BCUT2D eigenvalue weighted by Crippen LogP contribution is 2.40. The fraction of sp³-hybridized carbons (Fsp3) is 0.269. The summed E-state index contributed by atoms with van der Waals surface area (Å²) in [5.74, 6) is 0.155. The van der Waals surface area contributed by atoms with E-state index in [4.69, 9.17) is 16.6 Å². The zero-order valence-electron chi connectivity index (χ0n) is 17.5. The normalized spacial score (nSPS) is 17.9. The van der Waals surface area contributed by atoms with Crippen LogP contribution >= 0.6 is 11.6 Å². The van der Waals surface area contributed by atoms with Crippen LogP contribution in [-0.2, 0) is 12.8 Å². The molecule has 2 aliphatic rings. The highest BCUT2D eigenvalue weighted by atomic mass is 35.5. The van der Waals surface area contributed by atoms with Crippen molar-refractivity contribution in [1.82, 2.24) is 14.9 Å². The largest absolute Gasteiger partial charge is 0.335 e. The number of carbonyl (C=O) groups is 1. The molecule has 1 aliphatic carbocycles. The number of benzene rings is 1. The van der Waals surface area contributed by atoms with Gasteiger partial charge in [0.2, 0.25) is 0 Å². The van der Waals surface area contributed by atoms with Gasteiger partial charge in [-0.3, -0.25) is 14.8 Å². The Morgan fingerprint density at radius 3 is 2.77 bits per heavy atom. The Kier molecular flexibility index (Phi) is 5.33. The van der Waals surface area contributed by atoms with Crippen molar-refractivity contribution in [3.63, 3.8) is 0 Å². The molecule has 1 unspecified atom stereocenters. The van der Waals surface area contributed by atoms with E-state index in [1.807, 2.05) is 36.2 Å². The first kappa shape index (κ1) is 20.0. The van der Waals surface area contributed by atoms with E-state index in [9.17, 15) is 4.79 Å². The molecule has 3 heterocycles. The highest BCUT2D eigenvalue weighted by molar-refractivity contribution is 6.30. The van der Waals surface area contributed by atoms with Gasteiger partial charge in [-0.2, -0.15) is 0 Å². The summed E-state index contributed by atoms with van der Waals surface area (Å²) in [6.45, 7) is 3.25. The van der Waals surface area contributed by atoms with Crippen LogP contribution in [0.25, 0.3) is 0 Å². The van der Waals surface area contributed by atoms with E-state index in [0.717, 1.165) is 35.5 Å². The average molecular weight is 430 g/mol. The second-order valence-electron chi connectivity index (χ2n) is 8.36. The summed E-state index contributed by atoms with van der Waals surface area (Å²) in [5, 5.41) is 0.776. The molecule has 0 radical (unpaired) electrons. The molecule has 0 fully saturated rings. The number of hydrogen-bond donors (Lipinski definition) is 0. The van der Waals surface area contributed by atoms with E-state index >= 15 is 0 Å². The fourth-order valence-corrected chi connectivity index (χ4v) is 4.97. The molecule has 0 bridgehead atoms. The lowest BCUT2D eigenvalue weighted by Crippen LogP contribution is -2.35. The van der Waals surface area contributed by atoms with Crippen molar-refractivity contribution >= 4 is 17.5 Å². The molecule has 4 nitrogen and oxygen atoms in total. The second-order valence-corrected chi connectivity index (χ2v) is 8.79. The summed E-state index contributed by atoms with van der Waals surface area (Å²) < 4.78 is 0. The number of carbonyl (C=O) groups excluding carboxylic acids is 1. The maximum absolute atomic E-state index is 13.0. The van der Waals surface area contributed by atoms with Crippen molar-refractivity contribution in [2.75, 3.05) is 13.1 Å². The minimum Gasteiger partial charge on any atom is -0.335 e. The predicted octanol–water partition coefficient (Wildman–Crippen LogP) is 5.14. The van der Waals surface area contributed by atoms with Gasteiger partial charge in [-0.15, -0.1) is 0 Å². The summed E-state index contributed by atoms with van der Waals surface area (Å²) in [5.41, 5.74) is 7.99. The maximum Gasteiger partial charge on any atom is 0.255 e. The molecule has 1 aromatic carbocycles. The van der Waals surface area contributed by atoms with E-state index in [2.05, 4.69) is 29.3 Å². The monoisotopic (exact) mass is 429 g/mol. The van der Waals surface area contributed by atoms with Crippen molar-refractivity contribution in [2.24, 2.45) is 0 Å². The summed E-state index contributed by atoms with van der Waals surface area (Å²) in [7, 11) is 0. The van der Waals surface area contributed by atoms with Crippen molar-refractivity contribution in [3.05, 3.63) is 105 Å². The van der Waals surface area contributed by atoms with Crippen LogP contribution in [0.4, 0.5) is 0 Å². The van der Waals surface area contributed by atoms with Crippen LogP contribution in [0.3, 0.4) is 0 Å². The number of amides is 1. The topological polar surface area (TPSA) is 46.1 Å². The van der Waals surface area contributed by atoms with E-state index in [1.165, 1.54) is 22.3 Å². The van der Waals surface area contributed by atoms with Crippen molar-refractivity contribution in [1.29, 1.82) is 0 Å². The third kappa shape index (κ3) is 3.88. The van der Waals surface area contributed by atoms with E-state index in [-0.39, 0.29) is 11.8 Å². The second kappa shape index (κ2) is 8.27. The zero-order chi connectivity index (χ0) is 21.4. The highest BCUT2D eigenvalue weighted by Gasteiger charge is 2.30. The van der Waals surface area contributed by atoms with Crippen LogP contribution in [0.1, 0.15) is 50.6 Å². The van der Waals surface area contributed by atoms with Gasteiger partial charge in [-0.05, 0) is 72.7 Å². The van der Waals surface area contributed by atoms with Gasteiger partial charge in [-0.25, -0.2) is 0 Å². The molecule has 31 heavy (non-hydrogen) atoms. The Morgan fingerprint density at radius 2 is 1.97 bits per heavy atom. The van der Waals surface area contributed by atoms with Gasteiger partial charge in [0.05, 0.1) is 11.3 Å². The predicted molar refractivity (Wildman–Crippen MR) is 123 cm³/mol. The van der Waals surface area contributed by atoms with E-state index in [1.54, 1.807) is 12.4 Å². The molecule has 0 saturated heterocycles. The molecule has 5 heteroatoms. The Bertz CT molecular complexity index is 1190. The minimum atomic E-state index is 0.0399. The van der Waals surface area contributed by atoms with Gasteiger partial charge in [0.1, 0.15) is 0 Å². The molecule has 156 valence electrons. The summed E-state index contributed by atoms with van der Waals surface area (Å²) in [6, 6.07) is 12.3. The van der Waals surface area contributed by atoms with Gasteiger partial charge in [-0.1, -0.05) is 35.4 Å². The van der Waals surface area contributed by atoms with Crippen molar-refractivity contribution in [2.45, 2.75) is 32.1 Å². The maximum atomic E-state index is 13.0. The third-order valence-electron chi connectivity index (χ3n) is 6.30. The number of halogens is 1. The molecule has 1 aliphatic heterocycles. The Hall–Kier alpha value is -2.98. The lowest BCUT2D eigenvalue weighted by molar-refractivity contribution is 0.0767. The lowest BCUT2D eigenvalue weighted by atomic mass is 9.82. The Balaban J connectivity index is 1.48. The van der Waals surface area contributed by atoms with Crippen LogP contribution in [-0.4, -0.2) is 33.9 Å². The number of rotatable bonds is 2. The SMILES string of the molecule is Cc1cncc(C(=O)N2CC=C(C3c4ccc(Cl)cc4CCc4cccnc43)CC2)c1. The molecule has 0 saturated carbocycles. The fourth-order valence-electron chi connectivity index (χ4n) is 4.77. The van der Waals surface area contributed by atoms with Crippen molar-refractivity contribution in [3.8, 4) is 0 Å². The average Bonchev–Trinajstić information content (AvgIpc) is 2.95. The standard InChI is InChI=1S/C26H24ClN3O/c1-17-13-21(16-28-15-17)26(31)30-11-8-18(9-12-30)24-23-7-6-22(27)14-20(23)5-4-19-3-2-10-29-25(19)24/h2-3,6-8,10,13-16,24H,4-5,9,11-12H2,1H3. The Labute approximate surface area is 187 Å². The summed E-state index contributed by atoms with van der Waals surface area (Å²) in [4.78, 5) is 23.8.